The topological polar surface area (TPSA) is 55.9 Å². The van der Waals surface area contributed by atoms with Gasteiger partial charge in [0, 0.05) is 25.7 Å². The van der Waals surface area contributed by atoms with Gasteiger partial charge in [-0.2, -0.15) is 5.10 Å². The summed E-state index contributed by atoms with van der Waals surface area (Å²) in [6, 6.07) is 2.44. The maximum atomic E-state index is 5.68. The number of rotatable bonds is 4. The molecule has 0 aliphatic heterocycles. The van der Waals surface area contributed by atoms with Gasteiger partial charge in [0.2, 0.25) is 0 Å². The lowest BCUT2D eigenvalue weighted by molar-refractivity contribution is 0.296. The van der Waals surface area contributed by atoms with Gasteiger partial charge in [-0.3, -0.25) is 16.0 Å². The van der Waals surface area contributed by atoms with Crippen molar-refractivity contribution in [1.82, 2.24) is 15.2 Å². The lowest BCUT2D eigenvalue weighted by Gasteiger charge is -2.25. The van der Waals surface area contributed by atoms with Crippen LogP contribution in [0.4, 0.5) is 0 Å². The molecule has 3 N–H and O–H groups in total. The normalized spacial score (nSPS) is 27.2. The van der Waals surface area contributed by atoms with Crippen LogP contribution in [-0.4, -0.2) is 15.8 Å². The van der Waals surface area contributed by atoms with Crippen molar-refractivity contribution in [2.45, 2.75) is 38.6 Å². The SMILES string of the molecule is CC1CCCC1C(Cc1ccn(C)n1)NN. The Morgan fingerprint density at radius 1 is 1.62 bits per heavy atom. The van der Waals surface area contributed by atoms with Crippen LogP contribution >= 0.6 is 0 Å². The Kier molecular flexibility index (Phi) is 3.61. The number of aryl methyl sites for hydroxylation is 1. The summed E-state index contributed by atoms with van der Waals surface area (Å²) in [4.78, 5) is 0. The maximum absolute atomic E-state index is 5.68. The minimum absolute atomic E-state index is 0.368. The molecule has 1 aromatic rings. The van der Waals surface area contributed by atoms with Crippen molar-refractivity contribution in [2.24, 2.45) is 24.7 Å². The van der Waals surface area contributed by atoms with E-state index in [1.54, 1.807) is 0 Å². The molecule has 1 heterocycles. The van der Waals surface area contributed by atoms with E-state index in [0.717, 1.165) is 18.0 Å². The molecule has 90 valence electrons. The molecule has 0 saturated heterocycles. The Bertz CT molecular complexity index is 334. The first-order valence-corrected chi connectivity index (χ1v) is 6.15. The van der Waals surface area contributed by atoms with Crippen LogP contribution in [0.2, 0.25) is 0 Å². The number of nitrogens with zero attached hydrogens (tertiary/aromatic N) is 2. The van der Waals surface area contributed by atoms with Gasteiger partial charge in [0.1, 0.15) is 0 Å². The third-order valence-electron chi connectivity index (χ3n) is 3.86. The fraction of sp³-hybridized carbons (Fsp3) is 0.750. The highest BCUT2D eigenvalue weighted by Crippen LogP contribution is 2.34. The summed E-state index contributed by atoms with van der Waals surface area (Å²) in [5.41, 5.74) is 4.11. The van der Waals surface area contributed by atoms with E-state index in [1.165, 1.54) is 19.3 Å². The smallest absolute Gasteiger partial charge is 0.0640 e. The monoisotopic (exact) mass is 222 g/mol. The van der Waals surface area contributed by atoms with E-state index in [9.17, 15) is 0 Å². The number of hydrazine groups is 1. The third-order valence-corrected chi connectivity index (χ3v) is 3.86. The van der Waals surface area contributed by atoms with Gasteiger partial charge in [-0.15, -0.1) is 0 Å². The molecule has 1 saturated carbocycles. The fourth-order valence-corrected chi connectivity index (χ4v) is 2.90. The van der Waals surface area contributed by atoms with Gasteiger partial charge in [0.25, 0.3) is 0 Å². The molecule has 4 heteroatoms. The minimum Gasteiger partial charge on any atom is -0.276 e. The maximum Gasteiger partial charge on any atom is 0.0640 e. The fourth-order valence-electron chi connectivity index (χ4n) is 2.90. The molecule has 3 unspecified atom stereocenters. The molecule has 0 spiro atoms. The lowest BCUT2D eigenvalue weighted by Crippen LogP contribution is -2.43. The largest absolute Gasteiger partial charge is 0.276 e. The number of hydrogen-bond donors (Lipinski definition) is 2. The van der Waals surface area contributed by atoms with E-state index in [-0.39, 0.29) is 0 Å². The average Bonchev–Trinajstić information content (AvgIpc) is 2.84. The van der Waals surface area contributed by atoms with Crippen LogP contribution in [0.15, 0.2) is 12.3 Å². The molecule has 0 radical (unpaired) electrons. The van der Waals surface area contributed by atoms with Gasteiger partial charge in [-0.05, 0) is 24.3 Å². The predicted octanol–water partition coefficient (Wildman–Crippen LogP) is 1.23. The molecule has 0 bridgehead atoms. The van der Waals surface area contributed by atoms with Gasteiger partial charge in [-0.1, -0.05) is 19.8 Å². The van der Waals surface area contributed by atoms with Gasteiger partial charge >= 0.3 is 0 Å². The van der Waals surface area contributed by atoms with E-state index in [0.29, 0.717) is 12.0 Å². The quantitative estimate of drug-likeness (QED) is 0.595. The van der Waals surface area contributed by atoms with Crippen LogP contribution in [0.5, 0.6) is 0 Å². The van der Waals surface area contributed by atoms with Crippen molar-refractivity contribution in [1.29, 1.82) is 0 Å². The van der Waals surface area contributed by atoms with Crippen molar-refractivity contribution < 1.29 is 0 Å². The Balaban J connectivity index is 2.00. The average molecular weight is 222 g/mol. The molecule has 4 nitrogen and oxygen atoms in total. The molecule has 1 aromatic heterocycles. The van der Waals surface area contributed by atoms with Crippen LogP contribution in [0.25, 0.3) is 0 Å². The first-order chi connectivity index (χ1) is 7.70. The summed E-state index contributed by atoms with van der Waals surface area (Å²) < 4.78 is 1.85. The number of nitrogens with one attached hydrogen (secondary N) is 1. The van der Waals surface area contributed by atoms with Crippen LogP contribution in [0, 0.1) is 11.8 Å². The zero-order chi connectivity index (χ0) is 11.5. The Hall–Kier alpha value is -0.870. The second kappa shape index (κ2) is 4.97. The van der Waals surface area contributed by atoms with Gasteiger partial charge in [-0.25, -0.2) is 0 Å². The second-order valence-electron chi connectivity index (χ2n) is 5.03. The minimum atomic E-state index is 0.368. The third kappa shape index (κ3) is 2.44. The Morgan fingerprint density at radius 3 is 2.94 bits per heavy atom. The molecular formula is C12H22N4. The molecule has 16 heavy (non-hydrogen) atoms. The molecule has 0 aromatic carbocycles. The van der Waals surface area contributed by atoms with Gasteiger partial charge in [0.15, 0.2) is 0 Å². The van der Waals surface area contributed by atoms with Gasteiger partial charge in [0.05, 0.1) is 5.69 Å². The van der Waals surface area contributed by atoms with E-state index >= 15 is 0 Å². The summed E-state index contributed by atoms with van der Waals surface area (Å²) in [7, 11) is 1.95. The molecule has 1 aliphatic carbocycles. The number of nitrogens with two attached hydrogens (primary N) is 1. The Morgan fingerprint density at radius 2 is 2.44 bits per heavy atom. The van der Waals surface area contributed by atoms with Crippen LogP contribution in [-0.2, 0) is 13.5 Å². The number of aromatic nitrogens is 2. The van der Waals surface area contributed by atoms with Crippen molar-refractivity contribution in [3.8, 4) is 0 Å². The summed E-state index contributed by atoms with van der Waals surface area (Å²) in [6.07, 6.45) is 6.90. The molecular weight excluding hydrogens is 200 g/mol. The highest BCUT2D eigenvalue weighted by molar-refractivity contribution is 5.02. The second-order valence-corrected chi connectivity index (χ2v) is 5.03. The standard InChI is InChI=1S/C12H22N4/c1-9-4-3-5-11(9)12(14-13)8-10-6-7-16(2)15-10/h6-7,9,11-12,14H,3-5,8,13H2,1-2H3. The van der Waals surface area contributed by atoms with E-state index < -0.39 is 0 Å². The van der Waals surface area contributed by atoms with Crippen molar-refractivity contribution >= 4 is 0 Å². The molecule has 1 aliphatic rings. The highest BCUT2D eigenvalue weighted by Gasteiger charge is 2.30. The highest BCUT2D eigenvalue weighted by atomic mass is 15.3. The summed E-state index contributed by atoms with van der Waals surface area (Å²) in [5.74, 6) is 7.17. The van der Waals surface area contributed by atoms with Crippen LogP contribution in [0.3, 0.4) is 0 Å². The molecule has 0 amide bonds. The summed E-state index contributed by atoms with van der Waals surface area (Å²) >= 11 is 0. The zero-order valence-electron chi connectivity index (χ0n) is 10.2. The molecule has 2 rings (SSSR count). The predicted molar refractivity (Wildman–Crippen MR) is 64.5 cm³/mol. The molecule has 3 atom stereocenters. The van der Waals surface area contributed by atoms with Crippen LogP contribution < -0.4 is 11.3 Å². The lowest BCUT2D eigenvalue weighted by atomic mass is 9.88. The Labute approximate surface area is 97.2 Å². The van der Waals surface area contributed by atoms with Crippen molar-refractivity contribution in [2.75, 3.05) is 0 Å². The zero-order valence-corrected chi connectivity index (χ0v) is 10.2. The van der Waals surface area contributed by atoms with Gasteiger partial charge < -0.3 is 0 Å². The first-order valence-electron chi connectivity index (χ1n) is 6.15. The summed E-state index contributed by atoms with van der Waals surface area (Å²) in [5, 5.41) is 4.42. The van der Waals surface area contributed by atoms with Crippen molar-refractivity contribution in [3.63, 3.8) is 0 Å². The first kappa shape index (κ1) is 11.6. The van der Waals surface area contributed by atoms with E-state index in [2.05, 4.69) is 23.5 Å². The van der Waals surface area contributed by atoms with E-state index in [4.69, 9.17) is 5.84 Å². The summed E-state index contributed by atoms with van der Waals surface area (Å²) in [6.45, 7) is 2.33. The number of hydrogen-bond acceptors (Lipinski definition) is 3. The van der Waals surface area contributed by atoms with E-state index in [1.807, 2.05) is 17.9 Å². The molecule has 1 fully saturated rings. The van der Waals surface area contributed by atoms with Crippen LogP contribution in [0.1, 0.15) is 31.9 Å². The van der Waals surface area contributed by atoms with Crippen molar-refractivity contribution in [3.05, 3.63) is 18.0 Å².